The van der Waals surface area contributed by atoms with Gasteiger partial charge in [0, 0.05) is 18.2 Å². The number of aromatic nitrogens is 1. The highest BCUT2D eigenvalue weighted by Gasteiger charge is 2.27. The molecule has 6 heteroatoms. The molecule has 1 fully saturated rings. The van der Waals surface area contributed by atoms with Crippen molar-refractivity contribution in [3.05, 3.63) is 66.2 Å². The zero-order valence-electron chi connectivity index (χ0n) is 16.0. The van der Waals surface area contributed by atoms with Gasteiger partial charge in [-0.25, -0.2) is 0 Å². The monoisotopic (exact) mass is 379 g/mol. The molecule has 6 nitrogen and oxygen atoms in total. The number of amides is 1. The van der Waals surface area contributed by atoms with Gasteiger partial charge in [-0.3, -0.25) is 9.69 Å². The molecule has 0 unspecified atom stereocenters. The third-order valence-electron chi connectivity index (χ3n) is 5.39. The molecule has 1 aliphatic heterocycles. The Balaban J connectivity index is 1.42. The minimum atomic E-state index is -0.243. The molecule has 1 aromatic carbocycles. The second-order valence-electron chi connectivity index (χ2n) is 7.40. The van der Waals surface area contributed by atoms with Crippen molar-refractivity contribution in [3.8, 4) is 11.3 Å². The van der Waals surface area contributed by atoms with E-state index < -0.39 is 0 Å². The molecule has 0 radical (unpaired) electrons. The Morgan fingerprint density at radius 3 is 2.71 bits per heavy atom. The minimum absolute atomic E-state index is 0.0203. The summed E-state index contributed by atoms with van der Waals surface area (Å²) in [5.41, 5.74) is 1.18. The normalized spacial score (nSPS) is 16.8. The lowest BCUT2D eigenvalue weighted by Gasteiger charge is -2.35. The average molecular weight is 379 g/mol. The number of carbonyl (C=O) groups is 1. The number of benzene rings is 1. The molecule has 0 aliphatic carbocycles. The molecule has 1 aliphatic rings. The highest BCUT2D eigenvalue weighted by molar-refractivity contribution is 5.93. The number of furan rings is 1. The number of nitrogens with zero attached hydrogens (tertiary/aromatic N) is 2. The van der Waals surface area contributed by atoms with Crippen LogP contribution in [0.25, 0.3) is 11.3 Å². The summed E-state index contributed by atoms with van der Waals surface area (Å²) in [6.07, 6.45) is 4.00. The zero-order valence-corrected chi connectivity index (χ0v) is 16.0. The van der Waals surface area contributed by atoms with Crippen molar-refractivity contribution in [1.82, 2.24) is 15.4 Å². The largest absolute Gasteiger partial charge is 0.468 e. The van der Waals surface area contributed by atoms with Gasteiger partial charge in [-0.15, -0.1) is 0 Å². The van der Waals surface area contributed by atoms with Crippen LogP contribution in [0.15, 0.2) is 63.7 Å². The topological polar surface area (TPSA) is 71.5 Å². The molecule has 2 aromatic heterocycles. The number of piperidine rings is 1. The predicted molar refractivity (Wildman–Crippen MR) is 106 cm³/mol. The fourth-order valence-corrected chi connectivity index (χ4v) is 3.63. The van der Waals surface area contributed by atoms with Gasteiger partial charge in [0.2, 0.25) is 0 Å². The van der Waals surface area contributed by atoms with E-state index in [9.17, 15) is 4.79 Å². The molecule has 146 valence electrons. The minimum Gasteiger partial charge on any atom is -0.468 e. The first kappa shape index (κ1) is 18.5. The van der Waals surface area contributed by atoms with Gasteiger partial charge in [-0.1, -0.05) is 42.4 Å². The van der Waals surface area contributed by atoms with Gasteiger partial charge in [0.1, 0.15) is 5.76 Å². The van der Waals surface area contributed by atoms with Crippen LogP contribution in [-0.4, -0.2) is 35.6 Å². The molecule has 0 bridgehead atoms. The standard InChI is InChI=1S/C22H25N3O3/c1-16-9-11-25(12-10-16)19(20-8-5-13-27-20)15-23-22(26)18-14-21(28-24-18)17-6-3-2-4-7-17/h2-8,13-14,16,19H,9-12,15H2,1H3,(H,23,26)/t19-/m1/s1. The lowest BCUT2D eigenvalue weighted by Crippen LogP contribution is -2.41. The molecule has 3 heterocycles. The number of hydrogen-bond acceptors (Lipinski definition) is 5. The molecule has 0 spiro atoms. The van der Waals surface area contributed by atoms with Gasteiger partial charge in [-0.2, -0.15) is 0 Å². The number of likely N-dealkylation sites (tertiary alicyclic amines) is 1. The molecular formula is C22H25N3O3. The van der Waals surface area contributed by atoms with E-state index in [-0.39, 0.29) is 17.6 Å². The average Bonchev–Trinajstić information content (AvgIpc) is 3.42. The predicted octanol–water partition coefficient (Wildman–Crippen LogP) is 4.14. The van der Waals surface area contributed by atoms with E-state index in [0.717, 1.165) is 43.2 Å². The van der Waals surface area contributed by atoms with Gasteiger partial charge in [0.15, 0.2) is 11.5 Å². The molecule has 1 saturated heterocycles. The Morgan fingerprint density at radius 2 is 2.00 bits per heavy atom. The van der Waals surface area contributed by atoms with E-state index in [2.05, 4.69) is 22.3 Å². The first-order valence-electron chi connectivity index (χ1n) is 9.78. The van der Waals surface area contributed by atoms with Crippen molar-refractivity contribution in [1.29, 1.82) is 0 Å². The van der Waals surface area contributed by atoms with Gasteiger partial charge in [0.05, 0.1) is 12.3 Å². The van der Waals surface area contributed by atoms with Crippen molar-refractivity contribution in [2.24, 2.45) is 5.92 Å². The second kappa shape index (κ2) is 8.44. The van der Waals surface area contributed by atoms with Crippen LogP contribution in [0, 0.1) is 5.92 Å². The maximum absolute atomic E-state index is 12.6. The number of rotatable bonds is 6. The summed E-state index contributed by atoms with van der Waals surface area (Å²) in [7, 11) is 0. The van der Waals surface area contributed by atoms with Crippen molar-refractivity contribution in [2.45, 2.75) is 25.8 Å². The van der Waals surface area contributed by atoms with Gasteiger partial charge < -0.3 is 14.3 Å². The fourth-order valence-electron chi connectivity index (χ4n) is 3.63. The van der Waals surface area contributed by atoms with Crippen LogP contribution in [0.1, 0.15) is 42.1 Å². The van der Waals surface area contributed by atoms with Gasteiger partial charge in [-0.05, 0) is 44.0 Å². The van der Waals surface area contributed by atoms with Crippen molar-refractivity contribution in [3.63, 3.8) is 0 Å². The summed E-state index contributed by atoms with van der Waals surface area (Å²) in [4.78, 5) is 15.0. The lowest BCUT2D eigenvalue weighted by molar-refractivity contribution is 0.0887. The van der Waals surface area contributed by atoms with Crippen LogP contribution in [0.3, 0.4) is 0 Å². The van der Waals surface area contributed by atoms with Crippen molar-refractivity contribution in [2.75, 3.05) is 19.6 Å². The van der Waals surface area contributed by atoms with Gasteiger partial charge >= 0.3 is 0 Å². The Morgan fingerprint density at radius 1 is 1.21 bits per heavy atom. The Hall–Kier alpha value is -2.86. The molecule has 4 rings (SSSR count). The van der Waals surface area contributed by atoms with Crippen LogP contribution in [0.4, 0.5) is 0 Å². The summed E-state index contributed by atoms with van der Waals surface area (Å²) >= 11 is 0. The maximum Gasteiger partial charge on any atom is 0.273 e. The maximum atomic E-state index is 12.6. The third-order valence-corrected chi connectivity index (χ3v) is 5.39. The molecule has 3 aromatic rings. The quantitative estimate of drug-likeness (QED) is 0.697. The van der Waals surface area contributed by atoms with E-state index in [1.54, 1.807) is 12.3 Å². The van der Waals surface area contributed by atoms with E-state index >= 15 is 0 Å². The van der Waals surface area contributed by atoms with Crippen LogP contribution >= 0.6 is 0 Å². The number of nitrogens with one attached hydrogen (secondary N) is 1. The van der Waals surface area contributed by atoms with Crippen LogP contribution in [-0.2, 0) is 0 Å². The molecule has 1 amide bonds. The first-order chi connectivity index (χ1) is 13.7. The number of carbonyl (C=O) groups excluding carboxylic acids is 1. The Kier molecular flexibility index (Phi) is 5.58. The van der Waals surface area contributed by atoms with Crippen molar-refractivity contribution >= 4 is 5.91 Å². The van der Waals surface area contributed by atoms with Crippen molar-refractivity contribution < 1.29 is 13.7 Å². The van der Waals surface area contributed by atoms with E-state index in [1.807, 2.05) is 42.5 Å². The SMILES string of the molecule is CC1CCN([C@H](CNC(=O)c2cc(-c3ccccc3)on2)c2ccco2)CC1. The summed E-state index contributed by atoms with van der Waals surface area (Å²) in [5, 5.41) is 6.93. The summed E-state index contributed by atoms with van der Waals surface area (Å²) in [5.74, 6) is 1.96. The van der Waals surface area contributed by atoms with Crippen LogP contribution < -0.4 is 5.32 Å². The highest BCUT2D eigenvalue weighted by Crippen LogP contribution is 2.27. The first-order valence-corrected chi connectivity index (χ1v) is 9.78. The second-order valence-corrected chi connectivity index (χ2v) is 7.40. The Labute approximate surface area is 164 Å². The molecule has 0 saturated carbocycles. The van der Waals surface area contributed by atoms with Crippen LogP contribution in [0.2, 0.25) is 0 Å². The summed E-state index contributed by atoms with van der Waals surface area (Å²) in [6, 6.07) is 15.2. The molecule has 1 N–H and O–H groups in total. The third kappa shape index (κ3) is 4.17. The van der Waals surface area contributed by atoms with Crippen LogP contribution in [0.5, 0.6) is 0 Å². The van der Waals surface area contributed by atoms with E-state index in [4.69, 9.17) is 8.94 Å². The molecular weight excluding hydrogens is 354 g/mol. The van der Waals surface area contributed by atoms with Gasteiger partial charge in [0.25, 0.3) is 5.91 Å². The fraction of sp³-hybridized carbons (Fsp3) is 0.364. The number of hydrogen-bond donors (Lipinski definition) is 1. The molecule has 28 heavy (non-hydrogen) atoms. The summed E-state index contributed by atoms with van der Waals surface area (Å²) in [6.45, 7) is 4.76. The molecule has 1 atom stereocenters. The highest BCUT2D eigenvalue weighted by atomic mass is 16.5. The zero-order chi connectivity index (χ0) is 19.3. The van der Waals surface area contributed by atoms with E-state index in [0.29, 0.717) is 12.3 Å². The lowest BCUT2D eigenvalue weighted by atomic mass is 9.97. The van der Waals surface area contributed by atoms with E-state index in [1.165, 1.54) is 0 Å². The summed E-state index contributed by atoms with van der Waals surface area (Å²) < 4.78 is 11.0. The Bertz CT molecular complexity index is 881. The smallest absolute Gasteiger partial charge is 0.273 e.